The molecule has 6 nitrogen and oxygen atoms in total. The van der Waals surface area contributed by atoms with Crippen LogP contribution in [0, 0.1) is 0 Å². The van der Waals surface area contributed by atoms with Crippen molar-refractivity contribution in [3.63, 3.8) is 0 Å². The van der Waals surface area contributed by atoms with E-state index < -0.39 is 0 Å². The van der Waals surface area contributed by atoms with E-state index >= 15 is 0 Å². The van der Waals surface area contributed by atoms with Crippen LogP contribution >= 0.6 is 0 Å². The number of benzene rings is 1. The number of hydrogen-bond donors (Lipinski definition) is 0. The zero-order valence-electron chi connectivity index (χ0n) is 16.0. The normalized spacial score (nSPS) is 20.9. The number of nitrogens with zero attached hydrogens (tertiary/aromatic N) is 4. The molecule has 2 aliphatic heterocycles. The van der Waals surface area contributed by atoms with Gasteiger partial charge >= 0.3 is 0 Å². The number of anilines is 1. The van der Waals surface area contributed by atoms with Crippen LogP contribution in [-0.2, 0) is 22.6 Å². The van der Waals surface area contributed by atoms with Crippen molar-refractivity contribution < 1.29 is 9.47 Å². The highest BCUT2D eigenvalue weighted by atomic mass is 16.5. The summed E-state index contributed by atoms with van der Waals surface area (Å²) >= 11 is 0. The first kappa shape index (κ1) is 18.3. The quantitative estimate of drug-likeness (QED) is 0.781. The zero-order chi connectivity index (χ0) is 18.5. The van der Waals surface area contributed by atoms with Gasteiger partial charge in [0, 0.05) is 58.4 Å². The minimum atomic E-state index is 0.377. The minimum absolute atomic E-state index is 0.377. The molecule has 0 unspecified atom stereocenters. The third kappa shape index (κ3) is 4.64. The van der Waals surface area contributed by atoms with E-state index in [-0.39, 0.29) is 0 Å². The van der Waals surface area contributed by atoms with Crippen LogP contribution in [0.1, 0.15) is 29.4 Å². The van der Waals surface area contributed by atoms with E-state index in [2.05, 4.69) is 46.2 Å². The van der Waals surface area contributed by atoms with Gasteiger partial charge in [0.25, 0.3) is 0 Å². The van der Waals surface area contributed by atoms with Crippen molar-refractivity contribution in [3.05, 3.63) is 53.5 Å². The first-order valence-corrected chi connectivity index (χ1v) is 9.77. The summed E-state index contributed by atoms with van der Waals surface area (Å²) in [5.74, 6) is 2.17. The Balaban J connectivity index is 1.43. The number of piperazine rings is 1. The molecule has 0 radical (unpaired) electrons. The summed E-state index contributed by atoms with van der Waals surface area (Å²) in [7, 11) is 1.69. The lowest BCUT2D eigenvalue weighted by atomic mass is 10.0. The molecule has 0 amide bonds. The molecular formula is C21H28N4O2. The molecule has 2 fully saturated rings. The summed E-state index contributed by atoms with van der Waals surface area (Å²) in [6.45, 7) is 7.09. The van der Waals surface area contributed by atoms with Crippen molar-refractivity contribution in [3.8, 4) is 0 Å². The minimum Gasteiger partial charge on any atom is -0.381 e. The molecule has 0 bridgehead atoms. The Morgan fingerprint density at radius 3 is 2.63 bits per heavy atom. The van der Waals surface area contributed by atoms with E-state index in [1.165, 1.54) is 5.56 Å². The number of ether oxygens (including phenoxy) is 2. The third-order valence-electron chi connectivity index (χ3n) is 5.35. The van der Waals surface area contributed by atoms with E-state index in [4.69, 9.17) is 19.4 Å². The molecule has 27 heavy (non-hydrogen) atoms. The maximum Gasteiger partial charge on any atom is 0.156 e. The van der Waals surface area contributed by atoms with Gasteiger partial charge in [-0.05, 0) is 12.0 Å². The van der Waals surface area contributed by atoms with E-state index in [0.29, 0.717) is 12.5 Å². The molecule has 0 N–H and O–H groups in total. The summed E-state index contributed by atoms with van der Waals surface area (Å²) in [6.07, 6.45) is 1.04. The second-order valence-electron chi connectivity index (χ2n) is 7.31. The monoisotopic (exact) mass is 368 g/mol. The van der Waals surface area contributed by atoms with Gasteiger partial charge in [0.2, 0.25) is 0 Å². The largest absolute Gasteiger partial charge is 0.381 e. The van der Waals surface area contributed by atoms with Gasteiger partial charge in [0.15, 0.2) is 5.82 Å². The highest BCUT2D eigenvalue weighted by molar-refractivity contribution is 5.41. The van der Waals surface area contributed by atoms with Crippen LogP contribution in [0.15, 0.2) is 36.4 Å². The molecule has 0 spiro atoms. The van der Waals surface area contributed by atoms with Crippen molar-refractivity contribution >= 4 is 5.82 Å². The van der Waals surface area contributed by atoms with Crippen LogP contribution in [0.2, 0.25) is 0 Å². The summed E-state index contributed by atoms with van der Waals surface area (Å²) < 4.78 is 10.8. The molecule has 2 aromatic rings. The van der Waals surface area contributed by atoms with Gasteiger partial charge in [-0.15, -0.1) is 0 Å². The molecule has 1 aromatic carbocycles. The highest BCUT2D eigenvalue weighted by Crippen LogP contribution is 2.27. The van der Waals surface area contributed by atoms with Crippen molar-refractivity contribution in [2.24, 2.45) is 0 Å². The lowest BCUT2D eigenvalue weighted by molar-refractivity contribution is 0.177. The fourth-order valence-corrected chi connectivity index (χ4v) is 3.81. The van der Waals surface area contributed by atoms with Crippen molar-refractivity contribution in [1.82, 2.24) is 14.9 Å². The zero-order valence-corrected chi connectivity index (χ0v) is 16.0. The molecule has 2 aliphatic rings. The predicted molar refractivity (Wildman–Crippen MR) is 105 cm³/mol. The van der Waals surface area contributed by atoms with E-state index in [1.54, 1.807) is 7.11 Å². The number of hydrogen-bond acceptors (Lipinski definition) is 6. The standard InChI is InChI=1S/C21H28N4O2/c1-26-16-20-22-19(18-7-12-27-15-18)13-21(23-20)25-10-8-24(9-11-25)14-17-5-3-2-4-6-17/h2-6,13,18H,7-12,14-16H2,1H3/t18-/m1/s1. The lowest BCUT2D eigenvalue weighted by Crippen LogP contribution is -2.46. The Morgan fingerprint density at radius 1 is 1.11 bits per heavy atom. The maximum atomic E-state index is 5.56. The SMILES string of the molecule is COCc1nc([C@@H]2CCOC2)cc(N2CCN(Cc3ccccc3)CC2)n1. The Hall–Kier alpha value is -2.02. The Labute approximate surface area is 161 Å². The van der Waals surface area contributed by atoms with Gasteiger partial charge in [-0.1, -0.05) is 30.3 Å². The molecule has 1 aromatic heterocycles. The number of aromatic nitrogens is 2. The van der Waals surface area contributed by atoms with Gasteiger partial charge < -0.3 is 14.4 Å². The van der Waals surface area contributed by atoms with E-state index in [1.807, 2.05) is 0 Å². The van der Waals surface area contributed by atoms with Crippen LogP contribution < -0.4 is 4.90 Å². The summed E-state index contributed by atoms with van der Waals surface area (Å²) in [5.41, 5.74) is 2.47. The fraction of sp³-hybridized carbons (Fsp3) is 0.524. The van der Waals surface area contributed by atoms with Gasteiger partial charge in [-0.2, -0.15) is 0 Å². The summed E-state index contributed by atoms with van der Waals surface area (Å²) in [6, 6.07) is 12.8. The molecule has 3 heterocycles. The highest BCUT2D eigenvalue weighted by Gasteiger charge is 2.24. The average Bonchev–Trinajstić information content (AvgIpc) is 3.24. The first-order valence-electron chi connectivity index (χ1n) is 9.77. The van der Waals surface area contributed by atoms with E-state index in [9.17, 15) is 0 Å². The molecular weight excluding hydrogens is 340 g/mol. The average molecular weight is 368 g/mol. The Bertz CT molecular complexity index is 726. The smallest absolute Gasteiger partial charge is 0.156 e. The Kier molecular flexibility index (Phi) is 5.97. The second kappa shape index (κ2) is 8.78. The van der Waals surface area contributed by atoms with Crippen LogP contribution in [0.5, 0.6) is 0 Å². The topological polar surface area (TPSA) is 50.7 Å². The van der Waals surface area contributed by atoms with Gasteiger partial charge in [-0.25, -0.2) is 9.97 Å². The molecule has 1 atom stereocenters. The summed E-state index contributed by atoms with van der Waals surface area (Å²) in [5, 5.41) is 0. The van der Waals surface area contributed by atoms with Crippen molar-refractivity contribution in [2.75, 3.05) is 51.4 Å². The second-order valence-corrected chi connectivity index (χ2v) is 7.31. The van der Waals surface area contributed by atoms with Gasteiger partial charge in [0.1, 0.15) is 12.4 Å². The fourth-order valence-electron chi connectivity index (χ4n) is 3.81. The third-order valence-corrected chi connectivity index (χ3v) is 5.35. The molecule has 0 aliphatic carbocycles. The number of methoxy groups -OCH3 is 1. The Morgan fingerprint density at radius 2 is 1.93 bits per heavy atom. The van der Waals surface area contributed by atoms with Crippen LogP contribution in [0.25, 0.3) is 0 Å². The van der Waals surface area contributed by atoms with Gasteiger partial charge in [-0.3, -0.25) is 4.90 Å². The van der Waals surface area contributed by atoms with E-state index in [0.717, 1.165) is 69.7 Å². The molecule has 4 rings (SSSR count). The van der Waals surface area contributed by atoms with Crippen molar-refractivity contribution in [1.29, 1.82) is 0 Å². The van der Waals surface area contributed by atoms with Crippen LogP contribution in [-0.4, -0.2) is 61.4 Å². The maximum absolute atomic E-state index is 5.56. The van der Waals surface area contributed by atoms with Gasteiger partial charge in [0.05, 0.1) is 12.3 Å². The summed E-state index contributed by atoms with van der Waals surface area (Å²) in [4.78, 5) is 14.4. The van der Waals surface area contributed by atoms with Crippen molar-refractivity contribution in [2.45, 2.75) is 25.5 Å². The molecule has 6 heteroatoms. The first-order chi connectivity index (χ1) is 13.3. The lowest BCUT2D eigenvalue weighted by Gasteiger charge is -2.35. The molecule has 0 saturated carbocycles. The number of rotatable bonds is 6. The van der Waals surface area contributed by atoms with Crippen LogP contribution in [0.4, 0.5) is 5.82 Å². The molecule has 2 saturated heterocycles. The van der Waals surface area contributed by atoms with Crippen LogP contribution in [0.3, 0.4) is 0 Å². The predicted octanol–water partition coefficient (Wildman–Crippen LogP) is 2.45. The molecule has 144 valence electrons.